The van der Waals surface area contributed by atoms with Gasteiger partial charge in [-0.2, -0.15) is 0 Å². The highest BCUT2D eigenvalue weighted by Crippen LogP contribution is 2.31. The first-order valence-corrected chi connectivity index (χ1v) is 6.99. The number of benzene rings is 2. The molecule has 2 aromatic rings. The highest BCUT2D eigenvalue weighted by atomic mass is 35.5. The molecule has 1 N–H and O–H groups in total. The van der Waals surface area contributed by atoms with Gasteiger partial charge in [-0.05, 0) is 23.8 Å². The number of para-hydroxylation sites is 1. The van der Waals surface area contributed by atoms with Crippen LogP contribution in [0.4, 0.5) is 0 Å². The Balaban J connectivity index is 1.73. The quantitative estimate of drug-likeness (QED) is 0.880. The predicted octanol–water partition coefficient (Wildman–Crippen LogP) is 3.29. The van der Waals surface area contributed by atoms with Crippen LogP contribution >= 0.6 is 11.6 Å². The molecule has 0 aliphatic carbocycles. The van der Waals surface area contributed by atoms with Crippen LogP contribution in [0, 0.1) is 0 Å². The minimum absolute atomic E-state index is 0.0913. The van der Waals surface area contributed by atoms with Crippen molar-refractivity contribution in [1.29, 1.82) is 0 Å². The highest BCUT2D eigenvalue weighted by Gasteiger charge is 2.25. The molecule has 0 saturated heterocycles. The van der Waals surface area contributed by atoms with Gasteiger partial charge in [0.05, 0.1) is 6.04 Å². The van der Waals surface area contributed by atoms with Crippen molar-refractivity contribution < 1.29 is 9.53 Å². The van der Waals surface area contributed by atoms with Crippen LogP contribution in [0.15, 0.2) is 48.5 Å². The molecule has 0 aromatic heterocycles. The summed E-state index contributed by atoms with van der Waals surface area (Å²) in [4.78, 5) is 12.2. The molecule has 3 rings (SSSR count). The van der Waals surface area contributed by atoms with Crippen LogP contribution in [0.3, 0.4) is 0 Å². The number of rotatable bonds is 3. The number of alkyl halides is 1. The molecule has 1 aliphatic heterocycles. The maximum absolute atomic E-state index is 12.2. The van der Waals surface area contributed by atoms with E-state index in [9.17, 15) is 4.79 Å². The fourth-order valence-corrected chi connectivity index (χ4v) is 2.45. The normalized spacial score (nSPS) is 16.4. The number of fused-ring (bicyclic) bond motifs is 1. The molecule has 2 aromatic carbocycles. The van der Waals surface area contributed by atoms with Crippen molar-refractivity contribution in [3.63, 3.8) is 0 Å². The fourth-order valence-electron chi connectivity index (χ4n) is 2.27. The van der Waals surface area contributed by atoms with Crippen molar-refractivity contribution in [2.75, 3.05) is 6.61 Å². The third-order valence-electron chi connectivity index (χ3n) is 3.38. The molecule has 1 atom stereocenters. The molecule has 1 unspecified atom stereocenters. The van der Waals surface area contributed by atoms with Crippen LogP contribution in [-0.2, 0) is 5.88 Å². The SMILES string of the molecule is O=C(NC1COc2ccccc21)c1ccc(CCl)cc1. The molecule has 4 heteroatoms. The maximum atomic E-state index is 12.2. The van der Waals surface area contributed by atoms with E-state index in [0.717, 1.165) is 16.9 Å². The number of nitrogens with one attached hydrogen (secondary N) is 1. The molecule has 0 spiro atoms. The number of ether oxygens (including phenoxy) is 1. The van der Waals surface area contributed by atoms with Crippen molar-refractivity contribution in [2.45, 2.75) is 11.9 Å². The van der Waals surface area contributed by atoms with E-state index in [0.29, 0.717) is 18.1 Å². The Kier molecular flexibility index (Phi) is 3.61. The topological polar surface area (TPSA) is 38.3 Å². The fraction of sp³-hybridized carbons (Fsp3) is 0.188. The summed E-state index contributed by atoms with van der Waals surface area (Å²) in [5.74, 6) is 1.19. The lowest BCUT2D eigenvalue weighted by Gasteiger charge is -2.12. The van der Waals surface area contributed by atoms with Gasteiger partial charge in [0, 0.05) is 17.0 Å². The van der Waals surface area contributed by atoms with Crippen LogP contribution in [0.5, 0.6) is 5.75 Å². The summed E-state index contributed by atoms with van der Waals surface area (Å²) in [6.07, 6.45) is 0. The number of carbonyl (C=O) groups is 1. The Bertz CT molecular complexity index is 625. The predicted molar refractivity (Wildman–Crippen MR) is 78.1 cm³/mol. The van der Waals surface area contributed by atoms with E-state index in [2.05, 4.69) is 5.32 Å². The second kappa shape index (κ2) is 5.55. The van der Waals surface area contributed by atoms with Gasteiger partial charge in [-0.1, -0.05) is 30.3 Å². The van der Waals surface area contributed by atoms with E-state index in [1.807, 2.05) is 36.4 Å². The lowest BCUT2D eigenvalue weighted by molar-refractivity contribution is 0.0930. The zero-order valence-corrected chi connectivity index (χ0v) is 11.6. The van der Waals surface area contributed by atoms with Crippen LogP contribution in [-0.4, -0.2) is 12.5 Å². The Morgan fingerprint density at radius 3 is 2.70 bits per heavy atom. The van der Waals surface area contributed by atoms with Gasteiger partial charge in [0.15, 0.2) is 0 Å². The van der Waals surface area contributed by atoms with Crippen LogP contribution in [0.25, 0.3) is 0 Å². The number of carbonyl (C=O) groups excluding carboxylic acids is 1. The molecule has 102 valence electrons. The number of halogens is 1. The average molecular weight is 288 g/mol. The van der Waals surface area contributed by atoms with E-state index >= 15 is 0 Å². The first kappa shape index (κ1) is 13.0. The van der Waals surface area contributed by atoms with Crippen LogP contribution in [0.2, 0.25) is 0 Å². The maximum Gasteiger partial charge on any atom is 0.251 e. The van der Waals surface area contributed by atoms with E-state index < -0.39 is 0 Å². The van der Waals surface area contributed by atoms with Crippen molar-refractivity contribution in [3.05, 3.63) is 65.2 Å². The molecule has 1 heterocycles. The van der Waals surface area contributed by atoms with Crippen molar-refractivity contribution in [3.8, 4) is 5.75 Å². The first-order chi connectivity index (χ1) is 9.78. The third-order valence-corrected chi connectivity index (χ3v) is 3.68. The zero-order chi connectivity index (χ0) is 13.9. The summed E-state index contributed by atoms with van der Waals surface area (Å²) in [6.45, 7) is 0.477. The Morgan fingerprint density at radius 1 is 1.20 bits per heavy atom. The zero-order valence-electron chi connectivity index (χ0n) is 10.8. The van der Waals surface area contributed by atoms with E-state index in [4.69, 9.17) is 16.3 Å². The van der Waals surface area contributed by atoms with Crippen molar-refractivity contribution in [1.82, 2.24) is 5.32 Å². The minimum Gasteiger partial charge on any atom is -0.491 e. The van der Waals surface area contributed by atoms with E-state index in [1.54, 1.807) is 12.1 Å². The van der Waals surface area contributed by atoms with Gasteiger partial charge in [-0.15, -0.1) is 11.6 Å². The summed E-state index contributed by atoms with van der Waals surface area (Å²) in [6, 6.07) is 15.0. The third kappa shape index (κ3) is 2.49. The van der Waals surface area contributed by atoms with E-state index in [-0.39, 0.29) is 11.9 Å². The number of hydrogen-bond acceptors (Lipinski definition) is 2. The molecule has 1 amide bonds. The van der Waals surface area contributed by atoms with Crippen molar-refractivity contribution >= 4 is 17.5 Å². The van der Waals surface area contributed by atoms with E-state index in [1.165, 1.54) is 0 Å². The summed E-state index contributed by atoms with van der Waals surface area (Å²) >= 11 is 5.74. The number of hydrogen-bond donors (Lipinski definition) is 1. The highest BCUT2D eigenvalue weighted by molar-refractivity contribution is 6.17. The molecule has 0 radical (unpaired) electrons. The molecule has 0 saturated carbocycles. The van der Waals surface area contributed by atoms with Gasteiger partial charge in [0.1, 0.15) is 12.4 Å². The largest absolute Gasteiger partial charge is 0.491 e. The van der Waals surface area contributed by atoms with Crippen molar-refractivity contribution in [2.24, 2.45) is 0 Å². The summed E-state index contributed by atoms with van der Waals surface area (Å²) in [5, 5.41) is 2.99. The smallest absolute Gasteiger partial charge is 0.251 e. The molecule has 0 bridgehead atoms. The van der Waals surface area contributed by atoms with Gasteiger partial charge in [-0.25, -0.2) is 0 Å². The van der Waals surface area contributed by atoms with Gasteiger partial charge >= 0.3 is 0 Å². The second-order valence-corrected chi connectivity index (χ2v) is 4.97. The summed E-state index contributed by atoms with van der Waals surface area (Å²) < 4.78 is 5.55. The first-order valence-electron chi connectivity index (χ1n) is 6.45. The molecule has 3 nitrogen and oxygen atoms in total. The average Bonchev–Trinajstić information content (AvgIpc) is 2.91. The molecular formula is C16H14ClNO2. The Morgan fingerprint density at radius 2 is 1.95 bits per heavy atom. The van der Waals surface area contributed by atoms with Gasteiger partial charge in [0.2, 0.25) is 0 Å². The van der Waals surface area contributed by atoms with Gasteiger partial charge in [0.25, 0.3) is 5.91 Å². The van der Waals surface area contributed by atoms with Crippen LogP contribution in [0.1, 0.15) is 27.5 Å². The summed E-state index contributed by atoms with van der Waals surface area (Å²) in [7, 11) is 0. The van der Waals surface area contributed by atoms with Crippen LogP contribution < -0.4 is 10.1 Å². The summed E-state index contributed by atoms with van der Waals surface area (Å²) in [5.41, 5.74) is 2.65. The standard InChI is InChI=1S/C16H14ClNO2/c17-9-11-5-7-12(8-6-11)16(19)18-14-10-20-15-4-2-1-3-13(14)15/h1-8,14H,9-10H2,(H,18,19). The Labute approximate surface area is 122 Å². The monoisotopic (exact) mass is 287 g/mol. The molecule has 20 heavy (non-hydrogen) atoms. The minimum atomic E-state index is -0.101. The lowest BCUT2D eigenvalue weighted by atomic mass is 10.1. The molecule has 1 aliphatic rings. The van der Waals surface area contributed by atoms with Gasteiger partial charge in [-0.3, -0.25) is 4.79 Å². The Hall–Kier alpha value is -2.00. The number of amides is 1. The lowest BCUT2D eigenvalue weighted by Crippen LogP contribution is -2.29. The molecule has 0 fully saturated rings. The van der Waals surface area contributed by atoms with Gasteiger partial charge < -0.3 is 10.1 Å². The molecular weight excluding hydrogens is 274 g/mol. The second-order valence-electron chi connectivity index (χ2n) is 4.71.